The minimum atomic E-state index is -0.918. The summed E-state index contributed by atoms with van der Waals surface area (Å²) in [6.07, 6.45) is 5.86. The first kappa shape index (κ1) is 41.8. The minimum Gasteiger partial charge on any atom is -0.481 e. The van der Waals surface area contributed by atoms with Gasteiger partial charge in [0.2, 0.25) is 11.8 Å². The van der Waals surface area contributed by atoms with Crippen molar-refractivity contribution in [3.05, 3.63) is 64.6 Å². The van der Waals surface area contributed by atoms with E-state index in [0.29, 0.717) is 17.8 Å². The van der Waals surface area contributed by atoms with E-state index >= 15 is 0 Å². The predicted octanol–water partition coefficient (Wildman–Crippen LogP) is 5.73. The molecule has 0 spiro atoms. The summed E-state index contributed by atoms with van der Waals surface area (Å²) in [6.45, 7) is 14.7. The molecule has 1 aromatic carbocycles. The average Bonchev–Trinajstić information content (AvgIpc) is 3.60. The van der Waals surface area contributed by atoms with Gasteiger partial charge in [-0.15, -0.1) is 17.9 Å². The van der Waals surface area contributed by atoms with Gasteiger partial charge in [-0.3, -0.25) is 24.1 Å². The van der Waals surface area contributed by atoms with Crippen LogP contribution in [-0.4, -0.2) is 95.0 Å². The third-order valence-corrected chi connectivity index (χ3v) is 11.0. The van der Waals surface area contributed by atoms with Crippen molar-refractivity contribution < 1.29 is 29.0 Å². The van der Waals surface area contributed by atoms with Crippen molar-refractivity contribution in [1.29, 1.82) is 0 Å². The van der Waals surface area contributed by atoms with E-state index in [1.54, 1.807) is 30.3 Å². The molecule has 3 rings (SSSR count). The third-order valence-electron chi connectivity index (χ3n) is 10.1. The second kappa shape index (κ2) is 20.4. The van der Waals surface area contributed by atoms with Gasteiger partial charge in [-0.1, -0.05) is 83.9 Å². The molecule has 1 aliphatic heterocycles. The second-order valence-electron chi connectivity index (χ2n) is 14.4. The summed E-state index contributed by atoms with van der Waals surface area (Å²) in [4.78, 5) is 61.3. The second-order valence-corrected chi connectivity index (χ2v) is 15.3. The Morgan fingerprint density at radius 2 is 1.82 bits per heavy atom. The molecule has 1 saturated heterocycles. The molecule has 2 heterocycles. The summed E-state index contributed by atoms with van der Waals surface area (Å²) in [5.41, 5.74) is 1.22. The topological polar surface area (TPSA) is 141 Å². The van der Waals surface area contributed by atoms with E-state index < -0.39 is 30.1 Å². The summed E-state index contributed by atoms with van der Waals surface area (Å²) in [5, 5.41) is 18.0. The van der Waals surface area contributed by atoms with Gasteiger partial charge in [-0.05, 0) is 56.7 Å². The van der Waals surface area contributed by atoms with Crippen molar-refractivity contribution in [1.82, 2.24) is 25.4 Å². The van der Waals surface area contributed by atoms with Crippen molar-refractivity contribution in [2.75, 3.05) is 27.2 Å². The predicted molar refractivity (Wildman–Crippen MR) is 201 cm³/mol. The number of benzene rings is 1. The summed E-state index contributed by atoms with van der Waals surface area (Å²) < 4.78 is 6.22. The van der Waals surface area contributed by atoms with E-state index in [2.05, 4.69) is 36.0 Å². The molecular weight excluding hydrogens is 667 g/mol. The lowest BCUT2D eigenvalue weighted by atomic mass is 9.92. The molecule has 2 aromatic rings. The Hall–Kier alpha value is -3.61. The number of likely N-dealkylation sites (N-methyl/N-ethyl adjacent to an activating group) is 2. The fourth-order valence-electron chi connectivity index (χ4n) is 6.66. The van der Waals surface area contributed by atoms with Crippen molar-refractivity contribution in [3.63, 3.8) is 0 Å². The zero-order chi connectivity index (χ0) is 37.7. The van der Waals surface area contributed by atoms with E-state index in [0.717, 1.165) is 37.8 Å². The maximum atomic E-state index is 14.2. The number of carboxylic acid groups (broad SMARTS) is 1. The van der Waals surface area contributed by atoms with Gasteiger partial charge in [0.1, 0.15) is 22.8 Å². The lowest BCUT2D eigenvalue weighted by Gasteiger charge is -2.38. The number of thiazole rings is 1. The van der Waals surface area contributed by atoms with Crippen LogP contribution in [0.25, 0.3) is 0 Å². The van der Waals surface area contributed by atoms with Gasteiger partial charge in [0.15, 0.2) is 0 Å². The smallest absolute Gasteiger partial charge is 0.306 e. The highest BCUT2D eigenvalue weighted by Gasteiger charge is 2.37. The molecule has 3 amide bonds. The number of likely N-dealkylation sites (tertiary alicyclic amines) is 1. The largest absolute Gasteiger partial charge is 0.481 e. The summed E-state index contributed by atoms with van der Waals surface area (Å²) in [6, 6.07) is 8.06. The number of carboxylic acids is 1. The molecule has 3 N–H and O–H groups in total. The van der Waals surface area contributed by atoms with Crippen LogP contribution in [0.5, 0.6) is 0 Å². The van der Waals surface area contributed by atoms with Crippen molar-refractivity contribution in [2.24, 2.45) is 17.8 Å². The van der Waals surface area contributed by atoms with Gasteiger partial charge in [-0.25, -0.2) is 4.98 Å². The van der Waals surface area contributed by atoms with Crippen LogP contribution in [0.3, 0.4) is 0 Å². The molecular formula is C39H59N5O6S. The number of ether oxygens (including phenoxy) is 1. The SMILES string of the molecule is C=CCOC(CC(C(C)C)N(C)C(=O)C(NC(=O)[C@H]1CCCCN1C)C(C)CC)c1nc(C(=O)NC(Cc2ccccc2)CC(C)C(=O)O)cs1. The quantitative estimate of drug-likeness (QED) is 0.147. The molecule has 1 aliphatic rings. The molecule has 0 radical (unpaired) electrons. The first-order valence-corrected chi connectivity index (χ1v) is 19.2. The van der Waals surface area contributed by atoms with Gasteiger partial charge in [0, 0.05) is 30.9 Å². The van der Waals surface area contributed by atoms with E-state index in [9.17, 15) is 24.3 Å². The van der Waals surface area contributed by atoms with Crippen LogP contribution in [0.15, 0.2) is 48.4 Å². The highest BCUT2D eigenvalue weighted by Crippen LogP contribution is 2.31. The van der Waals surface area contributed by atoms with Gasteiger partial charge in [0.25, 0.3) is 5.91 Å². The lowest BCUT2D eigenvalue weighted by Crippen LogP contribution is -2.58. The summed E-state index contributed by atoms with van der Waals surface area (Å²) in [7, 11) is 3.75. The van der Waals surface area contributed by atoms with Crippen molar-refractivity contribution in [2.45, 2.75) is 110 Å². The first-order chi connectivity index (χ1) is 24.3. The highest BCUT2D eigenvalue weighted by atomic mass is 32.1. The van der Waals surface area contributed by atoms with Crippen LogP contribution in [-0.2, 0) is 25.5 Å². The fraction of sp³-hybridized carbons (Fsp3) is 0.615. The molecule has 1 fully saturated rings. The third kappa shape index (κ3) is 12.2. The number of hydrogen-bond acceptors (Lipinski definition) is 8. The van der Waals surface area contributed by atoms with Crippen molar-refractivity contribution in [3.8, 4) is 0 Å². The van der Waals surface area contributed by atoms with Gasteiger partial charge in [-0.2, -0.15) is 0 Å². The number of aliphatic carboxylic acids is 1. The number of carbonyl (C=O) groups is 4. The normalized spacial score (nSPS) is 18.5. The van der Waals surface area contributed by atoms with Crippen LogP contribution in [0, 0.1) is 17.8 Å². The number of nitrogens with one attached hydrogen (secondary N) is 2. The number of hydrogen-bond donors (Lipinski definition) is 3. The Morgan fingerprint density at radius 1 is 1.12 bits per heavy atom. The van der Waals surface area contributed by atoms with Crippen LogP contribution < -0.4 is 10.6 Å². The Balaban J connectivity index is 1.80. The molecule has 11 nitrogen and oxygen atoms in total. The van der Waals surface area contributed by atoms with E-state index in [-0.39, 0.29) is 60.4 Å². The number of piperidine rings is 1. The number of carbonyl (C=O) groups excluding carboxylic acids is 3. The zero-order valence-electron chi connectivity index (χ0n) is 31.5. The van der Waals surface area contributed by atoms with E-state index in [4.69, 9.17) is 9.72 Å². The molecule has 51 heavy (non-hydrogen) atoms. The van der Waals surface area contributed by atoms with E-state index in [1.165, 1.54) is 11.3 Å². The Bertz CT molecular complexity index is 1430. The fourth-order valence-corrected chi connectivity index (χ4v) is 7.52. The average molecular weight is 726 g/mol. The van der Waals surface area contributed by atoms with E-state index in [1.807, 2.05) is 51.2 Å². The van der Waals surface area contributed by atoms with Crippen molar-refractivity contribution >= 4 is 35.0 Å². The van der Waals surface area contributed by atoms with Crippen LogP contribution in [0.4, 0.5) is 0 Å². The standard InChI is InChI=1S/C39H59N5O6S/c1-9-20-50-33(37-41-30(24-51-37)35(45)40-29(21-27(6)39(48)49)22-28-16-12-11-13-17-28)23-32(25(3)4)44(8)38(47)34(26(5)10-2)42-36(46)31-18-14-15-19-43(31)7/h9,11-13,16-17,24-27,29,31-34H,1,10,14-15,18-23H2,2-8H3,(H,40,45)(H,42,46)(H,48,49)/t26?,27?,29?,31-,32?,33?,34?/m1/s1. The molecule has 1 aromatic heterocycles. The van der Waals surface area contributed by atoms with Gasteiger partial charge < -0.3 is 25.4 Å². The molecule has 0 saturated carbocycles. The van der Waals surface area contributed by atoms with Crippen LogP contribution >= 0.6 is 11.3 Å². The molecule has 0 bridgehead atoms. The van der Waals surface area contributed by atoms with Gasteiger partial charge in [0.05, 0.1) is 18.6 Å². The van der Waals surface area contributed by atoms with Gasteiger partial charge >= 0.3 is 5.97 Å². The Kier molecular flexibility index (Phi) is 16.8. The highest BCUT2D eigenvalue weighted by molar-refractivity contribution is 7.09. The first-order valence-electron chi connectivity index (χ1n) is 18.3. The molecule has 7 atom stereocenters. The monoisotopic (exact) mass is 725 g/mol. The number of rotatable bonds is 20. The number of aromatic nitrogens is 1. The maximum Gasteiger partial charge on any atom is 0.306 e. The van der Waals surface area contributed by atoms with Crippen LogP contribution in [0.2, 0.25) is 0 Å². The molecule has 0 aliphatic carbocycles. The summed E-state index contributed by atoms with van der Waals surface area (Å²) >= 11 is 1.31. The maximum absolute atomic E-state index is 14.2. The number of amides is 3. The summed E-state index contributed by atoms with van der Waals surface area (Å²) in [5.74, 6) is -2.21. The van der Waals surface area contributed by atoms with Crippen LogP contribution in [0.1, 0.15) is 100 Å². The lowest BCUT2D eigenvalue weighted by molar-refractivity contribution is -0.141. The molecule has 6 unspecified atom stereocenters. The number of nitrogens with zero attached hydrogens (tertiary/aromatic N) is 3. The Morgan fingerprint density at radius 3 is 2.43 bits per heavy atom. The Labute approximate surface area is 308 Å². The minimum absolute atomic E-state index is 0.0456. The molecule has 12 heteroatoms. The molecule has 282 valence electrons. The zero-order valence-corrected chi connectivity index (χ0v) is 32.3.